The van der Waals surface area contributed by atoms with Crippen molar-refractivity contribution in [2.45, 2.75) is 32.1 Å². The summed E-state index contributed by atoms with van der Waals surface area (Å²) in [5.74, 6) is 0.127. The summed E-state index contributed by atoms with van der Waals surface area (Å²) >= 11 is 5.91. The van der Waals surface area contributed by atoms with E-state index < -0.39 is 0 Å². The third-order valence-corrected chi connectivity index (χ3v) is 5.63. The molecule has 0 aliphatic carbocycles. The molecule has 6 nitrogen and oxygen atoms in total. The van der Waals surface area contributed by atoms with Crippen LogP contribution in [0.2, 0.25) is 5.02 Å². The van der Waals surface area contributed by atoms with E-state index in [4.69, 9.17) is 16.3 Å². The van der Waals surface area contributed by atoms with Crippen LogP contribution < -0.4 is 10.6 Å². The Kier molecular flexibility index (Phi) is 8.74. The van der Waals surface area contributed by atoms with Gasteiger partial charge in [0.15, 0.2) is 0 Å². The molecule has 31 heavy (non-hydrogen) atoms. The van der Waals surface area contributed by atoms with Crippen LogP contribution in [-0.4, -0.2) is 49.7 Å². The zero-order chi connectivity index (χ0) is 22.1. The van der Waals surface area contributed by atoms with Crippen LogP contribution in [0.15, 0.2) is 48.5 Å². The number of carbonyl (C=O) groups is 2. The second kappa shape index (κ2) is 11.7. The number of halogens is 1. The Morgan fingerprint density at radius 3 is 2.77 bits per heavy atom. The highest BCUT2D eigenvalue weighted by atomic mass is 35.5. The third-order valence-electron chi connectivity index (χ3n) is 5.38. The molecule has 1 saturated heterocycles. The van der Waals surface area contributed by atoms with E-state index in [-0.39, 0.29) is 17.9 Å². The number of amides is 3. The molecule has 2 aromatic rings. The maximum Gasteiger partial charge on any atom is 0.321 e. The second-order valence-electron chi connectivity index (χ2n) is 7.65. The second-order valence-corrected chi connectivity index (χ2v) is 8.09. The maximum absolute atomic E-state index is 12.7. The molecule has 0 radical (unpaired) electrons. The van der Waals surface area contributed by atoms with Gasteiger partial charge in [0.1, 0.15) is 0 Å². The molecule has 1 fully saturated rings. The van der Waals surface area contributed by atoms with Crippen LogP contribution in [0.3, 0.4) is 0 Å². The molecule has 0 unspecified atom stereocenters. The van der Waals surface area contributed by atoms with E-state index in [1.165, 1.54) is 0 Å². The van der Waals surface area contributed by atoms with Gasteiger partial charge in [-0.15, -0.1) is 0 Å². The fourth-order valence-electron chi connectivity index (χ4n) is 3.73. The summed E-state index contributed by atoms with van der Waals surface area (Å²) in [6, 6.07) is 14.7. The molecular formula is C24H30ClN3O3. The first-order valence-corrected chi connectivity index (χ1v) is 11.2. The van der Waals surface area contributed by atoms with Crippen LogP contribution in [0.4, 0.5) is 10.5 Å². The molecule has 1 aliphatic rings. The summed E-state index contributed by atoms with van der Waals surface area (Å²) in [5.41, 5.74) is 2.46. The summed E-state index contributed by atoms with van der Waals surface area (Å²) in [7, 11) is 0. The summed E-state index contributed by atoms with van der Waals surface area (Å²) in [4.78, 5) is 27.0. The van der Waals surface area contributed by atoms with Crippen molar-refractivity contribution in [1.29, 1.82) is 0 Å². The number of piperidine rings is 1. The number of urea groups is 1. The van der Waals surface area contributed by atoms with Gasteiger partial charge in [0.25, 0.3) is 5.91 Å². The number of nitrogens with one attached hydrogen (secondary N) is 2. The number of likely N-dealkylation sites (tertiary alicyclic amines) is 1. The molecule has 0 bridgehead atoms. The Morgan fingerprint density at radius 2 is 2.00 bits per heavy atom. The van der Waals surface area contributed by atoms with Gasteiger partial charge in [-0.3, -0.25) is 4.79 Å². The Labute approximate surface area is 188 Å². The minimum atomic E-state index is -0.116. The third kappa shape index (κ3) is 6.97. The van der Waals surface area contributed by atoms with Gasteiger partial charge in [-0.05, 0) is 68.1 Å². The van der Waals surface area contributed by atoms with Crippen molar-refractivity contribution in [1.82, 2.24) is 10.2 Å². The highest BCUT2D eigenvalue weighted by Gasteiger charge is 2.25. The highest BCUT2D eigenvalue weighted by molar-refractivity contribution is 6.30. The fourth-order valence-corrected chi connectivity index (χ4v) is 3.85. The van der Waals surface area contributed by atoms with Crippen molar-refractivity contribution < 1.29 is 14.3 Å². The quantitative estimate of drug-likeness (QED) is 0.569. The van der Waals surface area contributed by atoms with E-state index in [1.807, 2.05) is 36.1 Å². The monoisotopic (exact) mass is 443 g/mol. The number of carbonyl (C=O) groups excluding carboxylic acids is 2. The van der Waals surface area contributed by atoms with Gasteiger partial charge in [-0.25, -0.2) is 4.79 Å². The highest BCUT2D eigenvalue weighted by Crippen LogP contribution is 2.28. The number of rotatable bonds is 8. The molecule has 3 amide bonds. The van der Waals surface area contributed by atoms with E-state index in [9.17, 15) is 9.59 Å². The predicted octanol–water partition coefficient (Wildman–Crippen LogP) is 4.91. The summed E-state index contributed by atoms with van der Waals surface area (Å²) in [6.45, 7) is 5.22. The van der Waals surface area contributed by atoms with Crippen LogP contribution in [0.1, 0.15) is 48.0 Å². The molecule has 2 N–H and O–H groups in total. The van der Waals surface area contributed by atoms with E-state index >= 15 is 0 Å². The molecule has 1 atom stereocenters. The van der Waals surface area contributed by atoms with Crippen molar-refractivity contribution in [2.24, 2.45) is 0 Å². The van der Waals surface area contributed by atoms with Gasteiger partial charge in [0, 0.05) is 55.0 Å². The average molecular weight is 444 g/mol. The summed E-state index contributed by atoms with van der Waals surface area (Å²) in [5, 5.41) is 6.51. The van der Waals surface area contributed by atoms with Gasteiger partial charge in [-0.2, -0.15) is 0 Å². The molecule has 2 aromatic carbocycles. The minimum Gasteiger partial charge on any atom is -0.382 e. The zero-order valence-corrected chi connectivity index (χ0v) is 18.7. The first-order chi connectivity index (χ1) is 15.1. The minimum absolute atomic E-state index is 0.0773. The predicted molar refractivity (Wildman–Crippen MR) is 124 cm³/mol. The van der Waals surface area contributed by atoms with Crippen molar-refractivity contribution in [3.8, 4) is 0 Å². The van der Waals surface area contributed by atoms with Crippen LogP contribution >= 0.6 is 11.6 Å². The first-order valence-electron chi connectivity index (χ1n) is 10.8. The number of hydrogen-bond donors (Lipinski definition) is 2. The lowest BCUT2D eigenvalue weighted by atomic mass is 9.89. The van der Waals surface area contributed by atoms with E-state index in [2.05, 4.69) is 10.6 Å². The molecule has 1 heterocycles. The van der Waals surface area contributed by atoms with E-state index in [0.29, 0.717) is 36.9 Å². The van der Waals surface area contributed by atoms with Crippen LogP contribution in [0, 0.1) is 0 Å². The molecule has 166 valence electrons. The van der Waals surface area contributed by atoms with Gasteiger partial charge in [-0.1, -0.05) is 23.7 Å². The van der Waals surface area contributed by atoms with Gasteiger partial charge in [0.05, 0.1) is 0 Å². The standard InChI is InChI=1S/C24H30ClN3O3/c1-2-31-15-5-13-26-23(29)19-7-3-6-18(16-19)20-8-4-14-28(17-20)24(30)27-22-11-9-21(25)10-12-22/h3,6-7,9-12,16,20H,2,4-5,8,13-15,17H2,1H3,(H,26,29)(H,27,30)/t20-/m0/s1. The zero-order valence-electron chi connectivity index (χ0n) is 17.9. The lowest BCUT2D eigenvalue weighted by molar-refractivity contribution is 0.0944. The molecule has 3 rings (SSSR count). The van der Waals surface area contributed by atoms with Crippen LogP contribution in [-0.2, 0) is 4.74 Å². The fraction of sp³-hybridized carbons (Fsp3) is 0.417. The topological polar surface area (TPSA) is 70.7 Å². The van der Waals surface area contributed by atoms with Crippen molar-refractivity contribution in [2.75, 3.05) is 38.2 Å². The Hall–Kier alpha value is -2.57. The van der Waals surface area contributed by atoms with E-state index in [0.717, 1.165) is 37.1 Å². The average Bonchev–Trinajstić information content (AvgIpc) is 2.80. The molecule has 7 heteroatoms. The summed E-state index contributed by atoms with van der Waals surface area (Å²) < 4.78 is 5.30. The Balaban J connectivity index is 1.57. The number of anilines is 1. The van der Waals surface area contributed by atoms with Crippen molar-refractivity contribution >= 4 is 29.2 Å². The maximum atomic E-state index is 12.7. The lowest BCUT2D eigenvalue weighted by Crippen LogP contribution is -2.41. The summed E-state index contributed by atoms with van der Waals surface area (Å²) in [6.07, 6.45) is 2.70. The number of benzene rings is 2. The number of hydrogen-bond acceptors (Lipinski definition) is 3. The largest absolute Gasteiger partial charge is 0.382 e. The van der Waals surface area contributed by atoms with Crippen LogP contribution in [0.25, 0.3) is 0 Å². The Morgan fingerprint density at radius 1 is 1.19 bits per heavy atom. The number of ether oxygens (including phenoxy) is 1. The molecule has 1 aliphatic heterocycles. The Bertz CT molecular complexity index is 873. The smallest absolute Gasteiger partial charge is 0.321 e. The molecular weight excluding hydrogens is 414 g/mol. The van der Waals surface area contributed by atoms with Crippen molar-refractivity contribution in [3.63, 3.8) is 0 Å². The molecule has 0 spiro atoms. The SMILES string of the molecule is CCOCCCNC(=O)c1cccc([C@H]2CCCN(C(=O)Nc3ccc(Cl)cc3)C2)c1. The van der Waals surface area contributed by atoms with Crippen LogP contribution in [0.5, 0.6) is 0 Å². The normalized spacial score (nSPS) is 16.1. The lowest BCUT2D eigenvalue weighted by Gasteiger charge is -2.33. The molecule has 0 saturated carbocycles. The van der Waals surface area contributed by atoms with Crippen molar-refractivity contribution in [3.05, 3.63) is 64.7 Å². The number of nitrogens with zero attached hydrogens (tertiary/aromatic N) is 1. The first kappa shape index (κ1) is 23.1. The van der Waals surface area contributed by atoms with Gasteiger partial charge >= 0.3 is 6.03 Å². The molecule has 0 aromatic heterocycles. The van der Waals surface area contributed by atoms with Gasteiger partial charge < -0.3 is 20.3 Å². The van der Waals surface area contributed by atoms with E-state index in [1.54, 1.807) is 24.3 Å². The van der Waals surface area contributed by atoms with Gasteiger partial charge in [0.2, 0.25) is 0 Å².